The van der Waals surface area contributed by atoms with Crippen molar-refractivity contribution in [3.63, 3.8) is 0 Å². The number of likely N-dealkylation sites (N-methyl/N-ethyl adjacent to an activating group) is 1. The van der Waals surface area contributed by atoms with E-state index in [2.05, 4.69) is 141 Å². The second-order valence-corrected chi connectivity index (χ2v) is 22.1. The van der Waals surface area contributed by atoms with Crippen LogP contribution in [0.2, 0.25) is 0 Å². The fourth-order valence-electron chi connectivity index (χ4n) is 7.90. The van der Waals surface area contributed by atoms with Crippen molar-refractivity contribution in [2.75, 3.05) is 40.9 Å². The first kappa shape index (κ1) is 69.9. The van der Waals surface area contributed by atoms with Crippen LogP contribution in [-0.4, -0.2) is 73.4 Å². The number of nitrogens with one attached hydrogen (secondary N) is 1. The van der Waals surface area contributed by atoms with E-state index in [0.29, 0.717) is 23.9 Å². The van der Waals surface area contributed by atoms with Gasteiger partial charge >= 0.3 is 7.82 Å². The van der Waals surface area contributed by atoms with Gasteiger partial charge in [-0.2, -0.15) is 0 Å². The lowest BCUT2D eigenvalue weighted by Crippen LogP contribution is -2.46. The molecule has 418 valence electrons. The largest absolute Gasteiger partial charge is 0.472 e. The fraction of sp³-hybridized carbons (Fsp3) is 0.672. The minimum absolute atomic E-state index is 0.0630. The number of carbonyl (C=O) groups is 1. The van der Waals surface area contributed by atoms with Crippen LogP contribution < -0.4 is 5.32 Å². The highest BCUT2D eigenvalue weighted by molar-refractivity contribution is 7.47. The number of amides is 1. The van der Waals surface area contributed by atoms with Gasteiger partial charge in [-0.3, -0.25) is 13.8 Å². The number of carbonyl (C=O) groups excluding carboxylic acids is 1. The van der Waals surface area contributed by atoms with Gasteiger partial charge in [-0.15, -0.1) is 0 Å². The molecule has 0 fully saturated rings. The average molecular weight is 1040 g/mol. The Hall–Kier alpha value is -3.10. The number of hydrogen-bond acceptors (Lipinski definition) is 5. The first-order valence-electron chi connectivity index (χ1n) is 29.4. The van der Waals surface area contributed by atoms with E-state index in [1.807, 2.05) is 21.1 Å². The smallest absolute Gasteiger partial charge is 0.391 e. The first-order chi connectivity index (χ1) is 35.5. The molecule has 8 nitrogen and oxygen atoms in total. The first-order valence-corrected chi connectivity index (χ1v) is 30.9. The summed E-state index contributed by atoms with van der Waals surface area (Å²) < 4.78 is 23.7. The molecular formula is C64H112N2O6P+. The summed E-state index contributed by atoms with van der Waals surface area (Å²) in [6.07, 6.45) is 79.7. The lowest BCUT2D eigenvalue weighted by molar-refractivity contribution is -0.870. The van der Waals surface area contributed by atoms with Crippen LogP contribution >= 0.6 is 7.82 Å². The van der Waals surface area contributed by atoms with E-state index in [9.17, 15) is 19.4 Å². The summed E-state index contributed by atoms with van der Waals surface area (Å²) in [6, 6.07) is -0.784. The van der Waals surface area contributed by atoms with Crippen molar-refractivity contribution in [3.8, 4) is 0 Å². The molecule has 0 aromatic carbocycles. The summed E-state index contributed by atoms with van der Waals surface area (Å²) in [5.41, 5.74) is 0. The van der Waals surface area contributed by atoms with E-state index in [4.69, 9.17) is 9.05 Å². The van der Waals surface area contributed by atoms with Gasteiger partial charge in [0.25, 0.3) is 0 Å². The third kappa shape index (κ3) is 56.5. The minimum atomic E-state index is -4.34. The second kappa shape index (κ2) is 53.7. The Morgan fingerprint density at radius 2 is 0.822 bits per heavy atom. The molecule has 9 heteroatoms. The molecule has 0 aliphatic heterocycles. The van der Waals surface area contributed by atoms with Crippen LogP contribution in [0.3, 0.4) is 0 Å². The van der Waals surface area contributed by atoms with Crippen molar-refractivity contribution >= 4 is 13.7 Å². The van der Waals surface area contributed by atoms with E-state index < -0.39 is 20.0 Å². The summed E-state index contributed by atoms with van der Waals surface area (Å²) in [5.74, 6) is -0.173. The highest BCUT2D eigenvalue weighted by atomic mass is 31.2. The van der Waals surface area contributed by atoms with Gasteiger partial charge in [-0.05, 0) is 89.9 Å². The molecule has 0 heterocycles. The number of nitrogens with zero attached hydrogens (tertiary/aromatic N) is 1. The molecule has 73 heavy (non-hydrogen) atoms. The summed E-state index contributed by atoms with van der Waals surface area (Å²) in [7, 11) is 1.58. The number of quaternary nitrogens is 1. The van der Waals surface area contributed by atoms with E-state index >= 15 is 0 Å². The van der Waals surface area contributed by atoms with Crippen LogP contribution in [0.4, 0.5) is 0 Å². The van der Waals surface area contributed by atoms with Gasteiger partial charge in [0.15, 0.2) is 0 Å². The molecule has 0 saturated carbocycles. The number of unbranched alkanes of at least 4 members (excludes halogenated alkanes) is 19. The number of phosphoric acid groups is 1. The zero-order valence-electron chi connectivity index (χ0n) is 47.6. The van der Waals surface area contributed by atoms with E-state index in [1.165, 1.54) is 83.5 Å². The zero-order valence-corrected chi connectivity index (χ0v) is 48.5. The van der Waals surface area contributed by atoms with Gasteiger partial charge in [-0.1, -0.05) is 251 Å². The Morgan fingerprint density at radius 1 is 0.479 bits per heavy atom. The Morgan fingerprint density at radius 3 is 1.21 bits per heavy atom. The number of hydrogen-bond donors (Lipinski definition) is 3. The summed E-state index contributed by atoms with van der Waals surface area (Å²) >= 11 is 0. The molecule has 0 aromatic rings. The SMILES string of the molecule is CC/C=C\C/C=C\C/C=C\C/C=C\C/C=C\C/C=C\C/C=C\C/C=C\C/C=C\C/C=C\CCCCCCC(=O)NC(COP(=O)(O)OCC[N+](C)(C)C)C(O)CCCCCCCCCCCCCCCCCC. The van der Waals surface area contributed by atoms with Crippen LogP contribution in [0.1, 0.15) is 226 Å². The van der Waals surface area contributed by atoms with Crippen LogP contribution in [0, 0.1) is 0 Å². The maximum absolute atomic E-state index is 13.0. The molecule has 0 aliphatic rings. The standard InChI is InChI=1S/C64H111N2O6P/c1-6-8-10-12-14-16-18-20-22-24-25-26-27-28-29-30-31-32-33-34-35-36-37-38-39-40-41-42-44-46-48-50-52-54-56-58-64(68)65-62(61-72-73(69,70)71-60-59-66(3,4)5)63(67)57-55-53-51-49-47-45-43-23-21-19-17-15-13-11-9-7-2/h8,10,14,16,20,22,25-26,28-29,31-32,34-35,37-38,40-41,44,46,62-63,67H,6-7,9,11-13,15,17-19,21,23-24,27,30,33,36,39,42-43,45,47-61H2,1-5H3,(H-,65,68,69,70)/p+1/b10-8-,16-14-,22-20-,26-25-,29-28-,32-31-,35-34-,38-37-,41-40-,46-44-. The van der Waals surface area contributed by atoms with Gasteiger partial charge in [-0.25, -0.2) is 4.57 Å². The van der Waals surface area contributed by atoms with Crippen LogP contribution in [0.25, 0.3) is 0 Å². The lowest BCUT2D eigenvalue weighted by Gasteiger charge is -2.26. The van der Waals surface area contributed by atoms with Crippen molar-refractivity contribution in [2.24, 2.45) is 0 Å². The van der Waals surface area contributed by atoms with Crippen LogP contribution in [0.5, 0.6) is 0 Å². The topological polar surface area (TPSA) is 105 Å². The molecule has 0 aliphatic carbocycles. The van der Waals surface area contributed by atoms with Gasteiger partial charge in [0.1, 0.15) is 13.2 Å². The van der Waals surface area contributed by atoms with Crippen molar-refractivity contribution in [2.45, 2.75) is 238 Å². The minimum Gasteiger partial charge on any atom is -0.391 e. The molecule has 0 rings (SSSR count). The molecule has 0 spiro atoms. The van der Waals surface area contributed by atoms with Crippen molar-refractivity contribution in [1.29, 1.82) is 0 Å². The lowest BCUT2D eigenvalue weighted by atomic mass is 10.0. The van der Waals surface area contributed by atoms with Crippen LogP contribution in [0.15, 0.2) is 122 Å². The Bertz CT molecular complexity index is 1600. The molecular weight excluding hydrogens is 924 g/mol. The Labute approximate surface area is 450 Å². The van der Waals surface area contributed by atoms with Gasteiger partial charge in [0, 0.05) is 6.42 Å². The Kier molecular flexibility index (Phi) is 51.4. The van der Waals surface area contributed by atoms with E-state index in [0.717, 1.165) is 116 Å². The monoisotopic (exact) mass is 1040 g/mol. The third-order valence-electron chi connectivity index (χ3n) is 12.5. The molecule has 1 amide bonds. The zero-order chi connectivity index (χ0) is 53.5. The van der Waals surface area contributed by atoms with E-state index in [-0.39, 0.29) is 19.1 Å². The van der Waals surface area contributed by atoms with Crippen molar-refractivity contribution in [3.05, 3.63) is 122 Å². The van der Waals surface area contributed by atoms with Crippen LogP contribution in [-0.2, 0) is 18.4 Å². The maximum Gasteiger partial charge on any atom is 0.472 e. The Balaban J connectivity index is 4.24. The highest BCUT2D eigenvalue weighted by Crippen LogP contribution is 2.43. The predicted molar refractivity (Wildman–Crippen MR) is 318 cm³/mol. The molecule has 3 atom stereocenters. The molecule has 0 aromatic heterocycles. The number of allylic oxidation sites excluding steroid dienone is 20. The van der Waals surface area contributed by atoms with Crippen molar-refractivity contribution < 1.29 is 32.9 Å². The maximum atomic E-state index is 13.0. The summed E-state index contributed by atoms with van der Waals surface area (Å²) in [4.78, 5) is 23.3. The molecule has 0 saturated heterocycles. The number of rotatable bonds is 52. The molecule has 3 N–H and O–H groups in total. The quantitative estimate of drug-likeness (QED) is 0.0243. The average Bonchev–Trinajstić information content (AvgIpc) is 3.35. The van der Waals surface area contributed by atoms with Gasteiger partial charge < -0.3 is 19.8 Å². The van der Waals surface area contributed by atoms with Crippen molar-refractivity contribution in [1.82, 2.24) is 5.32 Å². The molecule has 0 bridgehead atoms. The third-order valence-corrected chi connectivity index (χ3v) is 13.5. The van der Waals surface area contributed by atoms with E-state index in [1.54, 1.807) is 0 Å². The van der Waals surface area contributed by atoms with Gasteiger partial charge in [0.2, 0.25) is 5.91 Å². The summed E-state index contributed by atoms with van der Waals surface area (Å²) in [5, 5.41) is 14.0. The number of aliphatic hydroxyl groups excluding tert-OH is 1. The fourth-order valence-corrected chi connectivity index (χ4v) is 8.63. The molecule has 0 radical (unpaired) electrons. The second-order valence-electron chi connectivity index (χ2n) is 20.6. The number of phosphoric ester groups is 1. The van der Waals surface area contributed by atoms with Gasteiger partial charge in [0.05, 0.1) is 39.9 Å². The number of aliphatic hydroxyl groups is 1. The summed E-state index contributed by atoms with van der Waals surface area (Å²) in [6.45, 7) is 4.75. The predicted octanol–water partition coefficient (Wildman–Crippen LogP) is 18.1. The molecule has 3 unspecified atom stereocenters. The normalized spacial score (nSPS) is 14.8. The highest BCUT2D eigenvalue weighted by Gasteiger charge is 2.28.